The lowest BCUT2D eigenvalue weighted by molar-refractivity contribution is 0.0626. The first-order valence-corrected chi connectivity index (χ1v) is 26.3. The highest BCUT2D eigenvalue weighted by molar-refractivity contribution is 7.99. The first-order valence-electron chi connectivity index (χ1n) is 21.6. The zero-order valence-corrected chi connectivity index (χ0v) is 40.0. The molecule has 0 aromatic heterocycles. The Morgan fingerprint density at radius 3 is 2.05 bits per heavy atom. The van der Waals surface area contributed by atoms with Crippen LogP contribution in [0.15, 0.2) is 125 Å². The van der Waals surface area contributed by atoms with E-state index in [0.29, 0.717) is 28.0 Å². The van der Waals surface area contributed by atoms with Crippen molar-refractivity contribution in [3.8, 4) is 0 Å². The Hall–Kier alpha value is -3.54. The van der Waals surface area contributed by atoms with Gasteiger partial charge in [0.05, 0.1) is 10.9 Å². The number of rotatable bonds is 17. The number of hydrogen-bond acceptors (Lipinski definition) is 9. The molecule has 2 aliphatic heterocycles. The van der Waals surface area contributed by atoms with E-state index in [1.165, 1.54) is 41.0 Å². The second-order valence-electron chi connectivity index (χ2n) is 17.6. The average molecular weight is 975 g/mol. The van der Waals surface area contributed by atoms with Crippen molar-refractivity contribution in [2.75, 3.05) is 63.0 Å². The predicted octanol–water partition coefficient (Wildman–Crippen LogP) is 9.29. The zero-order chi connectivity index (χ0) is 45.7. The summed E-state index contributed by atoms with van der Waals surface area (Å²) in [4.78, 5) is 24.1. The predicted molar refractivity (Wildman–Crippen MR) is 254 cm³/mol. The Balaban J connectivity index is 1.16. The van der Waals surface area contributed by atoms with Crippen molar-refractivity contribution in [2.45, 2.75) is 71.7 Å². The van der Waals surface area contributed by atoms with Gasteiger partial charge >= 0.3 is 4.71 Å². The van der Waals surface area contributed by atoms with Crippen molar-refractivity contribution in [3.05, 3.63) is 131 Å². The number of benzene rings is 4. The van der Waals surface area contributed by atoms with Crippen LogP contribution in [0.4, 0.5) is 14.5 Å². The van der Waals surface area contributed by atoms with Gasteiger partial charge in [0.15, 0.2) is 0 Å². The summed E-state index contributed by atoms with van der Waals surface area (Å²) in [5, 5.41) is -0.564. The maximum absolute atomic E-state index is 15.1. The number of hydrogen-bond donors (Lipinski definition) is 1. The number of allylic oxidation sites excluding steroid dienone is 1. The number of carbonyl (C=O) groups excluding carboxylic acids is 1. The summed E-state index contributed by atoms with van der Waals surface area (Å²) >= 11 is 12.7. The van der Waals surface area contributed by atoms with E-state index in [2.05, 4.69) is 40.6 Å². The number of nitrogens with zero attached hydrogens (tertiary/aromatic N) is 4. The minimum Gasteiger partial charge on any atom is -0.369 e. The molecule has 2 saturated heterocycles. The zero-order valence-electron chi connectivity index (χ0n) is 36.0. The van der Waals surface area contributed by atoms with Gasteiger partial charge in [-0.3, -0.25) is 14.7 Å². The van der Waals surface area contributed by atoms with Crippen LogP contribution in [0.3, 0.4) is 0 Å². The third-order valence-electron chi connectivity index (χ3n) is 12.4. The second kappa shape index (κ2) is 20.5. The standard InChI is InChI=1S/C47H55Cl2F2N5O5S3/c1-46(2)24-23-42(35-15-19-38(48)20-16-35)37(31-46)32-54-27-29-55(30-28-54)39-21-17-36(18-22-39)45(57)56(52-64(60,61)41-13-7-4-8-14-41)43(34-62-40-11-5-3-6-12-40)44(33-53-25-9-10-26-53)63(58,59)47(49,50)51/h3-8,11-22,43-44,52H,9-10,23-34H2,1-2H3/t43-,44?/m1/s1. The summed E-state index contributed by atoms with van der Waals surface area (Å²) in [5.74, 6) is -1.18. The summed E-state index contributed by atoms with van der Waals surface area (Å²) in [5.41, 5.74) is 5.16. The highest BCUT2D eigenvalue weighted by Crippen LogP contribution is 2.43. The molecule has 3 aliphatic rings. The minimum atomic E-state index is -5.54. The van der Waals surface area contributed by atoms with Crippen LogP contribution in [0, 0.1) is 5.41 Å². The van der Waals surface area contributed by atoms with Gasteiger partial charge in [0, 0.05) is 66.2 Å². The molecule has 17 heteroatoms. The van der Waals surface area contributed by atoms with E-state index >= 15 is 8.78 Å². The van der Waals surface area contributed by atoms with Crippen molar-refractivity contribution < 1.29 is 30.4 Å². The number of sulfonamides is 1. The summed E-state index contributed by atoms with van der Waals surface area (Å²) in [7, 11) is -10.1. The number of sulfone groups is 1. The number of halogens is 4. The van der Waals surface area contributed by atoms with Gasteiger partial charge in [-0.2, -0.15) is 8.78 Å². The van der Waals surface area contributed by atoms with Crippen LogP contribution in [0.25, 0.3) is 5.57 Å². The lowest BCUT2D eigenvalue weighted by Crippen LogP contribution is -2.61. The Morgan fingerprint density at radius 1 is 0.828 bits per heavy atom. The molecular formula is C47H55Cl2F2N5O5S3. The average Bonchev–Trinajstić information content (AvgIpc) is 3.80. The molecule has 0 spiro atoms. The Bertz CT molecular complexity index is 2470. The van der Waals surface area contributed by atoms with Crippen LogP contribution in [-0.4, -0.2) is 112 Å². The quantitative estimate of drug-likeness (QED) is 0.0629. The molecule has 2 fully saturated rings. The normalized spacial score (nSPS) is 18.8. The lowest BCUT2D eigenvalue weighted by Gasteiger charge is -2.40. The molecule has 1 aliphatic carbocycles. The molecule has 7 rings (SSSR count). The minimum absolute atomic E-state index is 0.0318. The van der Waals surface area contributed by atoms with Gasteiger partial charge < -0.3 is 9.80 Å². The number of thioether (sulfide) groups is 1. The molecule has 4 aromatic carbocycles. The fourth-order valence-electron chi connectivity index (χ4n) is 8.86. The van der Waals surface area contributed by atoms with Gasteiger partial charge in [0.25, 0.3) is 15.9 Å². The number of likely N-dealkylation sites (tertiary alicyclic amines) is 1. The molecule has 4 aromatic rings. The van der Waals surface area contributed by atoms with E-state index in [-0.39, 0.29) is 21.6 Å². The number of carbonyl (C=O) groups is 1. The highest BCUT2D eigenvalue weighted by Gasteiger charge is 2.53. The highest BCUT2D eigenvalue weighted by atomic mass is 35.5. The maximum Gasteiger partial charge on any atom is 0.423 e. The van der Waals surface area contributed by atoms with E-state index in [9.17, 15) is 21.6 Å². The van der Waals surface area contributed by atoms with E-state index < -0.39 is 48.3 Å². The van der Waals surface area contributed by atoms with Gasteiger partial charge in [-0.1, -0.05) is 79.6 Å². The fourth-order valence-corrected chi connectivity index (χ4v) is 13.0. The van der Waals surface area contributed by atoms with Gasteiger partial charge in [-0.15, -0.1) is 16.6 Å². The van der Waals surface area contributed by atoms with Gasteiger partial charge in [-0.25, -0.2) is 16.8 Å². The summed E-state index contributed by atoms with van der Waals surface area (Å²) in [6.07, 6.45) is 4.59. The molecule has 0 radical (unpaired) electrons. The van der Waals surface area contributed by atoms with Crippen molar-refractivity contribution in [1.82, 2.24) is 19.6 Å². The number of piperazine rings is 1. The largest absolute Gasteiger partial charge is 0.423 e. The monoisotopic (exact) mass is 973 g/mol. The van der Waals surface area contributed by atoms with Gasteiger partial charge in [0.1, 0.15) is 5.25 Å². The van der Waals surface area contributed by atoms with Crippen LogP contribution in [-0.2, 0) is 19.9 Å². The van der Waals surface area contributed by atoms with E-state index in [4.69, 9.17) is 23.2 Å². The smallest absolute Gasteiger partial charge is 0.369 e. The molecule has 2 atom stereocenters. The first kappa shape index (κ1) is 48.4. The molecule has 2 heterocycles. The Labute approximate surface area is 390 Å². The molecule has 344 valence electrons. The van der Waals surface area contributed by atoms with Crippen LogP contribution in [0.1, 0.15) is 61.9 Å². The van der Waals surface area contributed by atoms with Crippen molar-refractivity contribution >= 4 is 72.0 Å². The third kappa shape index (κ3) is 11.9. The number of alkyl halides is 3. The van der Waals surface area contributed by atoms with Gasteiger partial charge in [0.2, 0.25) is 9.84 Å². The number of nitrogens with one attached hydrogen (secondary N) is 1. The van der Waals surface area contributed by atoms with E-state index in [0.717, 1.165) is 82.3 Å². The molecule has 1 N–H and O–H groups in total. The van der Waals surface area contributed by atoms with Crippen LogP contribution >= 0.6 is 35.0 Å². The van der Waals surface area contributed by atoms with Crippen LogP contribution < -0.4 is 9.73 Å². The fraction of sp³-hybridized carbons (Fsp3) is 0.426. The summed E-state index contributed by atoms with van der Waals surface area (Å²) < 4.78 is 81.5. The van der Waals surface area contributed by atoms with E-state index in [1.807, 2.05) is 12.1 Å². The Kier molecular flexibility index (Phi) is 15.5. The van der Waals surface area contributed by atoms with Gasteiger partial charge in [-0.05, 0) is 134 Å². The summed E-state index contributed by atoms with van der Waals surface area (Å²) in [6, 6.07) is 29.2. The molecule has 0 saturated carbocycles. The topological polar surface area (TPSA) is 110 Å². The van der Waals surface area contributed by atoms with E-state index in [1.54, 1.807) is 65.6 Å². The molecule has 10 nitrogen and oxygen atoms in total. The lowest BCUT2D eigenvalue weighted by atomic mass is 9.73. The third-order valence-corrected chi connectivity index (χ3v) is 17.6. The van der Waals surface area contributed by atoms with Crippen molar-refractivity contribution in [2.24, 2.45) is 5.41 Å². The Morgan fingerprint density at radius 2 is 1.44 bits per heavy atom. The van der Waals surface area contributed by atoms with Crippen LogP contribution in [0.5, 0.6) is 0 Å². The number of amides is 1. The molecule has 1 amide bonds. The van der Waals surface area contributed by atoms with Crippen LogP contribution in [0.2, 0.25) is 5.02 Å². The summed E-state index contributed by atoms with van der Waals surface area (Å²) in [6.45, 7) is 9.08. The SMILES string of the molecule is CC1(C)CCC(c2ccc(Cl)cc2)=C(CN2CCN(c3ccc(C(=O)N(NS(=O)(=O)c4ccccc4)[C@H](CSc4ccccc4)C(CN4CCCC4)S(=O)(=O)C(F)(F)Cl)cc3)CC2)C1. The second-order valence-corrected chi connectivity index (χ2v) is 23.6. The van der Waals surface area contributed by atoms with Crippen molar-refractivity contribution in [1.29, 1.82) is 0 Å². The van der Waals surface area contributed by atoms with Crippen molar-refractivity contribution in [3.63, 3.8) is 0 Å². The number of anilines is 1. The number of hydrazine groups is 1. The molecular weight excluding hydrogens is 920 g/mol. The molecule has 1 unspecified atom stereocenters. The maximum atomic E-state index is 15.1. The molecule has 64 heavy (non-hydrogen) atoms. The molecule has 0 bridgehead atoms. The first-order chi connectivity index (χ1) is 30.4.